The zero-order valence-corrected chi connectivity index (χ0v) is 13.3. The minimum absolute atomic E-state index is 0. The van der Waals surface area contributed by atoms with E-state index in [1.165, 1.54) is 29.7 Å². The van der Waals surface area contributed by atoms with Crippen LogP contribution < -0.4 is 10.2 Å². The third kappa shape index (κ3) is 2.44. The summed E-state index contributed by atoms with van der Waals surface area (Å²) in [7, 11) is 2.04. The summed E-state index contributed by atoms with van der Waals surface area (Å²) >= 11 is 0. The van der Waals surface area contributed by atoms with Gasteiger partial charge in [-0.05, 0) is 43.0 Å². The molecule has 1 unspecified atom stereocenters. The highest BCUT2D eigenvalue weighted by Crippen LogP contribution is 2.40. The topological polar surface area (TPSA) is 40.5 Å². The van der Waals surface area contributed by atoms with E-state index in [-0.39, 0.29) is 12.4 Å². The smallest absolute Gasteiger partial charge is 0.203 e. The van der Waals surface area contributed by atoms with Crippen LogP contribution >= 0.6 is 12.4 Å². The van der Waals surface area contributed by atoms with Crippen molar-refractivity contribution in [1.29, 1.82) is 0 Å². The number of nitrogens with one attached hydrogen (secondary N) is 1. The second-order valence-corrected chi connectivity index (χ2v) is 5.63. The Morgan fingerprint density at radius 2 is 2.00 bits per heavy atom. The zero-order chi connectivity index (χ0) is 14.2. The number of aromatic nitrogens is 1. The van der Waals surface area contributed by atoms with Crippen molar-refractivity contribution in [3.8, 4) is 0 Å². The van der Waals surface area contributed by atoms with Gasteiger partial charge in [0.15, 0.2) is 0 Å². The molecule has 1 atom stereocenters. The van der Waals surface area contributed by atoms with E-state index in [9.17, 15) is 0 Å². The molecule has 0 saturated heterocycles. The van der Waals surface area contributed by atoms with Crippen molar-refractivity contribution in [2.24, 2.45) is 4.99 Å². The van der Waals surface area contributed by atoms with Gasteiger partial charge in [0.25, 0.3) is 0 Å². The Bertz CT molecular complexity index is 699. The molecule has 4 rings (SSSR count). The summed E-state index contributed by atoms with van der Waals surface area (Å²) < 4.78 is 0. The highest BCUT2D eigenvalue weighted by molar-refractivity contribution is 6.06. The summed E-state index contributed by atoms with van der Waals surface area (Å²) in [6, 6.07) is 10.8. The fourth-order valence-electron chi connectivity index (χ4n) is 3.25. The number of halogens is 1. The number of benzene rings is 1. The normalized spacial score (nSPS) is 18.4. The van der Waals surface area contributed by atoms with E-state index in [1.807, 2.05) is 31.6 Å². The third-order valence-corrected chi connectivity index (χ3v) is 4.35. The van der Waals surface area contributed by atoms with Gasteiger partial charge < -0.3 is 10.2 Å². The van der Waals surface area contributed by atoms with E-state index in [0.717, 1.165) is 18.1 Å². The number of aryl methyl sites for hydroxylation is 1. The number of hydrogen-bond donors (Lipinski definition) is 1. The van der Waals surface area contributed by atoms with Crippen LogP contribution in [0.1, 0.15) is 30.0 Å². The SMILES string of the molecule is CN(C1=NC2CCCc3cccc(c32)N1)c1ccncc1.Cl. The number of hydrogen-bond acceptors (Lipinski definition) is 4. The summed E-state index contributed by atoms with van der Waals surface area (Å²) in [5.74, 6) is 0.915. The quantitative estimate of drug-likeness (QED) is 0.870. The molecule has 0 amide bonds. The van der Waals surface area contributed by atoms with Gasteiger partial charge in [-0.3, -0.25) is 4.98 Å². The Morgan fingerprint density at radius 3 is 2.82 bits per heavy atom. The Kier molecular flexibility index (Phi) is 4.03. The van der Waals surface area contributed by atoms with Crippen molar-refractivity contribution < 1.29 is 0 Å². The van der Waals surface area contributed by atoms with Crippen LogP contribution in [0.4, 0.5) is 11.4 Å². The minimum atomic E-state index is 0. The van der Waals surface area contributed by atoms with Crippen LogP contribution in [0.5, 0.6) is 0 Å². The Hall–Kier alpha value is -2.07. The van der Waals surface area contributed by atoms with Gasteiger partial charge in [0.05, 0.1) is 6.04 Å². The van der Waals surface area contributed by atoms with Crippen LogP contribution in [-0.2, 0) is 6.42 Å². The first kappa shape index (κ1) is 14.9. The lowest BCUT2D eigenvalue weighted by Crippen LogP contribution is -2.36. The van der Waals surface area contributed by atoms with Crippen LogP contribution in [0.15, 0.2) is 47.7 Å². The summed E-state index contributed by atoms with van der Waals surface area (Å²) in [6.45, 7) is 0. The Morgan fingerprint density at radius 1 is 1.18 bits per heavy atom. The van der Waals surface area contributed by atoms with Crippen LogP contribution in [-0.4, -0.2) is 18.0 Å². The lowest BCUT2D eigenvalue weighted by atomic mass is 9.86. The van der Waals surface area contributed by atoms with Gasteiger partial charge in [-0.2, -0.15) is 0 Å². The van der Waals surface area contributed by atoms with E-state index in [1.54, 1.807) is 0 Å². The number of nitrogens with zero attached hydrogens (tertiary/aromatic N) is 3. The molecule has 5 heteroatoms. The van der Waals surface area contributed by atoms with E-state index in [4.69, 9.17) is 4.99 Å². The van der Waals surface area contributed by atoms with Gasteiger partial charge in [0.2, 0.25) is 5.96 Å². The highest BCUT2D eigenvalue weighted by atomic mass is 35.5. The lowest BCUT2D eigenvalue weighted by Gasteiger charge is -2.33. The summed E-state index contributed by atoms with van der Waals surface area (Å²) in [5.41, 5.74) is 5.15. The summed E-state index contributed by atoms with van der Waals surface area (Å²) in [6.07, 6.45) is 7.15. The summed E-state index contributed by atoms with van der Waals surface area (Å²) in [5, 5.41) is 3.49. The molecule has 1 aromatic heterocycles. The fraction of sp³-hybridized carbons (Fsp3) is 0.294. The molecule has 2 aromatic rings. The maximum absolute atomic E-state index is 4.94. The van der Waals surface area contributed by atoms with Crippen LogP contribution in [0.25, 0.3) is 0 Å². The molecule has 0 saturated carbocycles. The Labute approximate surface area is 136 Å². The van der Waals surface area contributed by atoms with Crippen LogP contribution in [0.3, 0.4) is 0 Å². The molecule has 1 aliphatic carbocycles. The molecule has 0 radical (unpaired) electrons. The molecular formula is C17H19ClN4. The van der Waals surface area contributed by atoms with Crippen molar-refractivity contribution in [1.82, 2.24) is 4.98 Å². The highest BCUT2D eigenvalue weighted by Gasteiger charge is 2.28. The van der Waals surface area contributed by atoms with Crippen molar-refractivity contribution >= 4 is 29.7 Å². The first-order chi connectivity index (χ1) is 10.3. The second-order valence-electron chi connectivity index (χ2n) is 5.63. The van der Waals surface area contributed by atoms with E-state index in [0.29, 0.717) is 6.04 Å². The van der Waals surface area contributed by atoms with Gasteiger partial charge in [-0.25, -0.2) is 4.99 Å². The van der Waals surface area contributed by atoms with Crippen molar-refractivity contribution in [2.75, 3.05) is 17.3 Å². The number of rotatable bonds is 1. The minimum Gasteiger partial charge on any atom is -0.326 e. The fourth-order valence-corrected chi connectivity index (χ4v) is 3.25. The van der Waals surface area contributed by atoms with Crippen LogP contribution in [0.2, 0.25) is 0 Å². The first-order valence-electron chi connectivity index (χ1n) is 7.43. The molecule has 0 spiro atoms. The van der Waals surface area contributed by atoms with E-state index >= 15 is 0 Å². The number of anilines is 2. The Balaban J connectivity index is 0.00000144. The molecular weight excluding hydrogens is 296 g/mol. The monoisotopic (exact) mass is 314 g/mol. The van der Waals surface area contributed by atoms with Gasteiger partial charge >= 0.3 is 0 Å². The third-order valence-electron chi connectivity index (χ3n) is 4.35. The number of aliphatic imine (C=N–C) groups is 1. The van der Waals surface area contributed by atoms with Crippen LogP contribution in [0, 0.1) is 0 Å². The average Bonchev–Trinajstić information content (AvgIpc) is 2.55. The molecule has 1 aliphatic heterocycles. The average molecular weight is 315 g/mol. The van der Waals surface area contributed by atoms with E-state index in [2.05, 4.69) is 33.4 Å². The molecule has 2 heterocycles. The molecule has 1 aromatic carbocycles. The van der Waals surface area contributed by atoms with Crippen molar-refractivity contribution in [2.45, 2.75) is 25.3 Å². The van der Waals surface area contributed by atoms with Gasteiger partial charge in [-0.1, -0.05) is 12.1 Å². The van der Waals surface area contributed by atoms with Crippen molar-refractivity contribution in [3.63, 3.8) is 0 Å². The van der Waals surface area contributed by atoms with Gasteiger partial charge in [0.1, 0.15) is 0 Å². The molecule has 0 bridgehead atoms. The van der Waals surface area contributed by atoms with Gasteiger partial charge in [0, 0.05) is 36.4 Å². The second kappa shape index (κ2) is 5.97. The maximum Gasteiger partial charge on any atom is 0.203 e. The van der Waals surface area contributed by atoms with Crippen molar-refractivity contribution in [3.05, 3.63) is 53.9 Å². The predicted octanol–water partition coefficient (Wildman–Crippen LogP) is 3.80. The largest absolute Gasteiger partial charge is 0.326 e. The molecule has 4 nitrogen and oxygen atoms in total. The number of pyridine rings is 1. The lowest BCUT2D eigenvalue weighted by molar-refractivity contribution is 0.569. The molecule has 1 N–H and O–H groups in total. The molecule has 22 heavy (non-hydrogen) atoms. The molecule has 2 aliphatic rings. The maximum atomic E-state index is 4.94. The molecule has 0 fully saturated rings. The first-order valence-corrected chi connectivity index (χ1v) is 7.43. The van der Waals surface area contributed by atoms with E-state index < -0.39 is 0 Å². The standard InChI is InChI=1S/C17H18N4.ClH/c1-21(13-8-10-18-11-9-13)17-19-14-6-2-4-12-5-3-7-15(20-17)16(12)14;/h2,4,6,8-11,15H,3,5,7H2,1H3,(H,19,20);1H. The number of guanidine groups is 1. The van der Waals surface area contributed by atoms with Gasteiger partial charge in [-0.15, -0.1) is 12.4 Å². The predicted molar refractivity (Wildman–Crippen MR) is 93.1 cm³/mol. The molecule has 114 valence electrons. The zero-order valence-electron chi connectivity index (χ0n) is 12.5. The summed E-state index contributed by atoms with van der Waals surface area (Å²) in [4.78, 5) is 11.1.